The van der Waals surface area contributed by atoms with E-state index in [0.29, 0.717) is 6.07 Å². The molecule has 0 atom stereocenters. The number of nitrogens with one attached hydrogen (secondary N) is 1. The van der Waals surface area contributed by atoms with Gasteiger partial charge in [0, 0.05) is 10.7 Å². The summed E-state index contributed by atoms with van der Waals surface area (Å²) in [6, 6.07) is 0.696. The molecule has 0 unspecified atom stereocenters. The van der Waals surface area contributed by atoms with Crippen molar-refractivity contribution in [3.63, 3.8) is 0 Å². The molecule has 1 aromatic rings. The van der Waals surface area contributed by atoms with E-state index in [1.54, 1.807) is 0 Å². The second-order valence-electron chi connectivity index (χ2n) is 4.25. The van der Waals surface area contributed by atoms with Crippen molar-refractivity contribution >= 4 is 21.7 Å². The molecule has 1 aromatic heterocycles. The number of alkyl halides is 6. The van der Waals surface area contributed by atoms with Gasteiger partial charge in [-0.25, -0.2) is 4.98 Å². The summed E-state index contributed by atoms with van der Waals surface area (Å²) >= 11 is 2.81. The molecule has 1 N–H and O–H groups in total. The predicted molar refractivity (Wildman–Crippen MR) is 58.6 cm³/mol. The van der Waals surface area contributed by atoms with E-state index in [9.17, 15) is 26.3 Å². The van der Waals surface area contributed by atoms with Gasteiger partial charge >= 0.3 is 12.4 Å². The van der Waals surface area contributed by atoms with Gasteiger partial charge in [0.15, 0.2) is 0 Å². The Morgan fingerprint density at radius 1 is 1.16 bits per heavy atom. The zero-order valence-electron chi connectivity index (χ0n) is 9.16. The Balaban J connectivity index is 2.37. The Morgan fingerprint density at radius 3 is 2.16 bits per heavy atom. The van der Waals surface area contributed by atoms with Gasteiger partial charge in [0.1, 0.15) is 11.4 Å². The van der Waals surface area contributed by atoms with Crippen LogP contribution in [0.3, 0.4) is 0 Å². The SMILES string of the molecule is FC(F)(F)c1cc(Br)cnc1NC1(C(F)(F)F)CC1. The minimum atomic E-state index is -4.78. The molecule has 1 fully saturated rings. The second kappa shape index (κ2) is 4.26. The van der Waals surface area contributed by atoms with Crippen LogP contribution in [0.4, 0.5) is 32.2 Å². The van der Waals surface area contributed by atoms with Crippen LogP contribution < -0.4 is 5.32 Å². The van der Waals surface area contributed by atoms with Crippen molar-refractivity contribution in [1.82, 2.24) is 4.98 Å². The molecular formula is C10H7BrF6N2. The summed E-state index contributed by atoms with van der Waals surface area (Å²) in [7, 11) is 0. The van der Waals surface area contributed by atoms with Crippen LogP contribution in [-0.4, -0.2) is 16.7 Å². The molecule has 106 valence electrons. The highest BCUT2D eigenvalue weighted by Crippen LogP contribution is 2.52. The second-order valence-corrected chi connectivity index (χ2v) is 5.17. The largest absolute Gasteiger partial charge is 0.419 e. The van der Waals surface area contributed by atoms with Crippen LogP contribution in [0.2, 0.25) is 0 Å². The van der Waals surface area contributed by atoms with Crippen molar-refractivity contribution in [1.29, 1.82) is 0 Å². The van der Waals surface area contributed by atoms with Crippen molar-refractivity contribution in [2.24, 2.45) is 0 Å². The molecule has 9 heteroatoms. The Hall–Kier alpha value is -0.990. The number of anilines is 1. The number of halogens is 7. The third-order valence-electron chi connectivity index (χ3n) is 2.81. The monoisotopic (exact) mass is 348 g/mol. The third kappa shape index (κ3) is 2.80. The van der Waals surface area contributed by atoms with E-state index < -0.39 is 29.3 Å². The molecule has 0 aliphatic heterocycles. The Kier molecular flexibility index (Phi) is 3.23. The number of aromatic nitrogens is 1. The average Bonchev–Trinajstić information content (AvgIpc) is 2.99. The summed E-state index contributed by atoms with van der Waals surface area (Å²) in [5.74, 6) is -0.800. The van der Waals surface area contributed by atoms with Gasteiger partial charge in [0.2, 0.25) is 0 Å². The van der Waals surface area contributed by atoms with E-state index in [4.69, 9.17) is 0 Å². The fourth-order valence-corrected chi connectivity index (χ4v) is 1.92. The first-order chi connectivity index (χ1) is 8.55. The first-order valence-corrected chi connectivity index (χ1v) is 5.92. The molecule has 1 aliphatic rings. The highest BCUT2D eigenvalue weighted by molar-refractivity contribution is 9.10. The smallest absolute Gasteiger partial charge is 0.356 e. The number of rotatable bonds is 2. The van der Waals surface area contributed by atoms with Gasteiger partial charge in [0.05, 0.1) is 5.56 Å². The van der Waals surface area contributed by atoms with Crippen molar-refractivity contribution < 1.29 is 26.3 Å². The van der Waals surface area contributed by atoms with Gasteiger partial charge in [-0.15, -0.1) is 0 Å². The van der Waals surface area contributed by atoms with E-state index in [1.807, 2.05) is 5.32 Å². The zero-order valence-corrected chi connectivity index (χ0v) is 10.7. The normalized spacial score (nSPS) is 18.3. The molecule has 0 radical (unpaired) electrons. The summed E-state index contributed by atoms with van der Waals surface area (Å²) in [6.07, 6.45) is -8.88. The number of pyridine rings is 1. The summed E-state index contributed by atoms with van der Waals surface area (Å²) in [5, 5.41) is 1.89. The Labute approximate surface area is 112 Å². The van der Waals surface area contributed by atoms with Gasteiger partial charge in [-0.05, 0) is 34.8 Å². The van der Waals surface area contributed by atoms with Crippen LogP contribution in [0.25, 0.3) is 0 Å². The molecule has 1 aliphatic carbocycles. The number of nitrogens with zero attached hydrogens (tertiary/aromatic N) is 1. The molecule has 0 saturated heterocycles. The molecular weight excluding hydrogens is 342 g/mol. The lowest BCUT2D eigenvalue weighted by Crippen LogP contribution is -2.39. The highest BCUT2D eigenvalue weighted by Gasteiger charge is 2.64. The number of hydrogen-bond donors (Lipinski definition) is 1. The molecule has 1 saturated carbocycles. The van der Waals surface area contributed by atoms with Gasteiger partial charge in [0.25, 0.3) is 0 Å². The van der Waals surface area contributed by atoms with E-state index >= 15 is 0 Å². The molecule has 2 rings (SSSR count). The van der Waals surface area contributed by atoms with E-state index in [0.717, 1.165) is 6.20 Å². The van der Waals surface area contributed by atoms with Crippen LogP contribution in [0.15, 0.2) is 16.7 Å². The van der Waals surface area contributed by atoms with Crippen LogP contribution in [0.5, 0.6) is 0 Å². The maximum absolute atomic E-state index is 12.7. The molecule has 2 nitrogen and oxygen atoms in total. The molecule has 19 heavy (non-hydrogen) atoms. The fraction of sp³-hybridized carbons (Fsp3) is 0.500. The van der Waals surface area contributed by atoms with Crippen molar-refractivity contribution in [2.45, 2.75) is 30.7 Å². The third-order valence-corrected chi connectivity index (χ3v) is 3.24. The van der Waals surface area contributed by atoms with E-state index in [-0.39, 0.29) is 17.3 Å². The average molecular weight is 349 g/mol. The fourth-order valence-electron chi connectivity index (χ4n) is 1.59. The van der Waals surface area contributed by atoms with Crippen LogP contribution in [0, 0.1) is 0 Å². The maximum atomic E-state index is 12.7. The van der Waals surface area contributed by atoms with Crippen molar-refractivity contribution in [3.05, 3.63) is 22.3 Å². The van der Waals surface area contributed by atoms with Crippen LogP contribution in [-0.2, 0) is 6.18 Å². The molecule has 0 spiro atoms. The minimum absolute atomic E-state index is 0.0437. The standard InChI is InChI=1S/C10H7BrF6N2/c11-5-3-6(9(12,13)14)7(18-4-5)19-8(1-2-8)10(15,16)17/h3-4H,1-2H2,(H,18,19). The van der Waals surface area contributed by atoms with Crippen molar-refractivity contribution in [2.75, 3.05) is 5.32 Å². The van der Waals surface area contributed by atoms with Crippen molar-refractivity contribution in [3.8, 4) is 0 Å². The van der Waals surface area contributed by atoms with Crippen LogP contribution in [0.1, 0.15) is 18.4 Å². The summed E-state index contributed by atoms with van der Waals surface area (Å²) in [6.45, 7) is 0. The molecule has 0 bridgehead atoms. The minimum Gasteiger partial charge on any atom is -0.356 e. The van der Waals surface area contributed by atoms with Gasteiger partial charge < -0.3 is 5.32 Å². The quantitative estimate of drug-likeness (QED) is 0.802. The summed E-state index contributed by atoms with van der Waals surface area (Å²) in [5.41, 5.74) is -3.51. The van der Waals surface area contributed by atoms with E-state index in [1.165, 1.54) is 0 Å². The predicted octanol–water partition coefficient (Wildman–Crippen LogP) is 4.37. The summed E-state index contributed by atoms with van der Waals surface area (Å²) in [4.78, 5) is 3.41. The molecule has 1 heterocycles. The van der Waals surface area contributed by atoms with Crippen LogP contribution >= 0.6 is 15.9 Å². The Morgan fingerprint density at radius 2 is 1.74 bits per heavy atom. The van der Waals surface area contributed by atoms with E-state index in [2.05, 4.69) is 20.9 Å². The maximum Gasteiger partial charge on any atom is 0.419 e. The van der Waals surface area contributed by atoms with Gasteiger partial charge in [-0.3, -0.25) is 0 Å². The number of hydrogen-bond acceptors (Lipinski definition) is 2. The highest BCUT2D eigenvalue weighted by atomic mass is 79.9. The first kappa shape index (κ1) is 14.4. The topological polar surface area (TPSA) is 24.9 Å². The molecule has 0 amide bonds. The first-order valence-electron chi connectivity index (χ1n) is 5.13. The van der Waals surface area contributed by atoms with Gasteiger partial charge in [-0.1, -0.05) is 0 Å². The lowest BCUT2D eigenvalue weighted by molar-refractivity contribution is -0.152. The molecule has 0 aromatic carbocycles. The lowest BCUT2D eigenvalue weighted by atomic mass is 10.2. The lowest BCUT2D eigenvalue weighted by Gasteiger charge is -2.23. The zero-order chi connectivity index (χ0) is 14.5. The van der Waals surface area contributed by atoms with Gasteiger partial charge in [-0.2, -0.15) is 26.3 Å². The summed E-state index contributed by atoms with van der Waals surface area (Å²) < 4.78 is 76.4. The Bertz CT molecular complexity index is 492.